The number of rotatable bonds is 14. The van der Waals surface area contributed by atoms with Crippen molar-refractivity contribution in [2.24, 2.45) is 35.5 Å². The molecule has 3 saturated carbocycles. The largest absolute Gasteiger partial charge is 0.469 e. The summed E-state index contributed by atoms with van der Waals surface area (Å²) >= 11 is 1.77. The van der Waals surface area contributed by atoms with Gasteiger partial charge in [0, 0.05) is 41.8 Å². The van der Waals surface area contributed by atoms with Gasteiger partial charge < -0.3 is 28.7 Å². The summed E-state index contributed by atoms with van der Waals surface area (Å²) in [5, 5.41) is 2.33. The number of thiazole rings is 1. The maximum absolute atomic E-state index is 14.8. The van der Waals surface area contributed by atoms with Crippen LogP contribution in [0, 0.1) is 42.4 Å². The number of aromatic nitrogens is 2. The molecule has 13 rings (SSSR count). The van der Waals surface area contributed by atoms with E-state index in [9.17, 15) is 19.2 Å². The number of hydrogen-bond donors (Lipinski definition) is 0. The van der Waals surface area contributed by atoms with Gasteiger partial charge in [0.1, 0.15) is 5.75 Å². The number of fused-ring (bicyclic) bond motifs is 7. The van der Waals surface area contributed by atoms with Gasteiger partial charge in [-0.2, -0.15) is 0 Å². The number of amides is 2. The molecule has 12 nitrogen and oxygen atoms in total. The molecule has 4 aromatic rings. The van der Waals surface area contributed by atoms with Crippen molar-refractivity contribution in [1.29, 1.82) is 0 Å². The number of ether oxygens (including phenoxy) is 4. The number of allylic oxidation sites excluding steroid dienone is 6. The zero-order valence-electron chi connectivity index (χ0n) is 44.4. The minimum Gasteiger partial charge on any atom is -0.469 e. The second kappa shape index (κ2) is 18.5. The van der Waals surface area contributed by atoms with E-state index in [1.54, 1.807) is 11.3 Å². The maximum Gasteiger partial charge on any atom is 0.306 e. The number of benzene rings is 2. The van der Waals surface area contributed by atoms with E-state index in [0.29, 0.717) is 24.4 Å². The lowest BCUT2D eigenvalue weighted by molar-refractivity contribution is -0.153. The summed E-state index contributed by atoms with van der Waals surface area (Å²) in [6, 6.07) is 14.2. The lowest BCUT2D eigenvalue weighted by Gasteiger charge is -2.40. The van der Waals surface area contributed by atoms with E-state index in [1.807, 2.05) is 20.0 Å². The van der Waals surface area contributed by atoms with Crippen LogP contribution in [0.1, 0.15) is 143 Å². The van der Waals surface area contributed by atoms with E-state index < -0.39 is 18.1 Å². The predicted octanol–water partition coefficient (Wildman–Crippen LogP) is 11.5. The van der Waals surface area contributed by atoms with Crippen LogP contribution in [0.2, 0.25) is 0 Å². The Labute approximate surface area is 444 Å². The Morgan fingerprint density at radius 1 is 0.800 bits per heavy atom. The number of aryl methyl sites for hydroxylation is 1. The molecule has 9 aliphatic rings. The number of piperidine rings is 2. The monoisotopic (exact) mass is 1030 g/mol. The van der Waals surface area contributed by atoms with Gasteiger partial charge in [-0.15, -0.1) is 11.3 Å². The fourth-order valence-corrected chi connectivity index (χ4v) is 15.4. The van der Waals surface area contributed by atoms with Crippen LogP contribution in [-0.4, -0.2) is 93.7 Å². The molecule has 5 aliphatic carbocycles. The van der Waals surface area contributed by atoms with Crippen LogP contribution in [0.3, 0.4) is 0 Å². The molecule has 5 unspecified atom stereocenters. The minimum atomic E-state index is -0.426. The Bertz CT molecular complexity index is 3190. The van der Waals surface area contributed by atoms with Gasteiger partial charge in [0.05, 0.1) is 77.7 Å². The standard InChI is InChI=1S/C62H70N4O8S/c1-32(2)45(28-55(67)71-6)59(69)64-48(22-43-24-50(43)64)39-13-11-37(20-39)41-18-33(3)57-52-26-42-21-36(14-15-47(42)66(52)61(74-53(57)27-41)54-31-63-58(75-54)34-8-9-34)35-10-12-38(19-35)49-23-44-25-51(44)65(49)60(70)46(29-56(68)72-7)40-16-17-73-62(4,5)30-40/h10-15,18,21,26-27,31-32,34,40,43-46,48-51,61H,8-9,16-17,19-20,22-25,28-30H2,1-7H3/t40?,43?,44-,45-,46?,48-,49-,50?,51+,61?/m0/s1. The molecule has 6 fully saturated rings. The van der Waals surface area contributed by atoms with E-state index in [-0.39, 0.29) is 78.2 Å². The van der Waals surface area contributed by atoms with Gasteiger partial charge in [0.2, 0.25) is 18.0 Å². The number of methoxy groups -OCH3 is 2. The average molecular weight is 1030 g/mol. The highest BCUT2D eigenvalue weighted by molar-refractivity contribution is 7.11. The smallest absolute Gasteiger partial charge is 0.306 e. The molecule has 13 heteroatoms. The van der Waals surface area contributed by atoms with Gasteiger partial charge in [-0.25, -0.2) is 4.98 Å². The number of hydrogen-bond acceptors (Lipinski definition) is 10. The van der Waals surface area contributed by atoms with Crippen molar-refractivity contribution in [2.75, 3.05) is 20.8 Å². The van der Waals surface area contributed by atoms with Gasteiger partial charge in [0.25, 0.3) is 0 Å². The molecular weight excluding hydrogens is 961 g/mol. The van der Waals surface area contributed by atoms with Crippen LogP contribution in [0.25, 0.3) is 33.3 Å². The Morgan fingerprint density at radius 3 is 2.12 bits per heavy atom. The molecule has 2 aromatic heterocycles. The summed E-state index contributed by atoms with van der Waals surface area (Å²) in [6.45, 7) is 11.0. The van der Waals surface area contributed by atoms with Crippen molar-refractivity contribution in [3.8, 4) is 17.0 Å². The molecule has 75 heavy (non-hydrogen) atoms. The molecule has 10 atom stereocenters. The molecule has 6 heterocycles. The number of carbonyl (C=O) groups excluding carboxylic acids is 4. The first-order valence-corrected chi connectivity index (χ1v) is 28.6. The van der Waals surface area contributed by atoms with Crippen LogP contribution in [0.4, 0.5) is 0 Å². The average Bonchev–Trinajstić information content (AvgIpc) is 4.22. The first-order chi connectivity index (χ1) is 36.1. The van der Waals surface area contributed by atoms with Crippen LogP contribution in [0.15, 0.2) is 78.0 Å². The SMILES string of the molecule is COC(=O)CC(C(=O)N1[C@@H]2C[C@@H]2C[C@H]1C1=CC=C(c2ccc3c(c2)cc2n3C(c3cnc(C4CC4)s3)Oc3cc(C4=CC=C([C@@H]5CC6CC6N5C(=O)[C@@H](CC(=O)OC)C(C)C)C4)cc(C)c3-2)C1)C1CCOC(C)(C)C1. The van der Waals surface area contributed by atoms with Crippen molar-refractivity contribution >= 4 is 57.1 Å². The van der Waals surface area contributed by atoms with Crippen LogP contribution in [0.5, 0.6) is 5.75 Å². The Balaban J connectivity index is 0.766. The van der Waals surface area contributed by atoms with Gasteiger partial charge in [-0.1, -0.05) is 50.3 Å². The third kappa shape index (κ3) is 8.72. The van der Waals surface area contributed by atoms with Crippen molar-refractivity contribution < 1.29 is 38.1 Å². The number of likely N-dealkylation sites (tertiary alicyclic amines) is 2. The molecule has 0 spiro atoms. The second-order valence-electron chi connectivity index (χ2n) is 24.4. The highest BCUT2D eigenvalue weighted by atomic mass is 32.1. The third-order valence-electron chi connectivity index (χ3n) is 18.7. The highest BCUT2D eigenvalue weighted by Crippen LogP contribution is 2.56. The first-order valence-electron chi connectivity index (χ1n) is 27.8. The van der Waals surface area contributed by atoms with E-state index in [2.05, 4.69) is 95.8 Å². The molecule has 3 saturated heterocycles. The zero-order valence-corrected chi connectivity index (χ0v) is 45.3. The summed E-state index contributed by atoms with van der Waals surface area (Å²) in [5.74, 6) is 1.20. The van der Waals surface area contributed by atoms with Crippen molar-refractivity contribution in [1.82, 2.24) is 19.4 Å². The molecule has 392 valence electrons. The van der Waals surface area contributed by atoms with Gasteiger partial charge in [-0.05, 0) is 172 Å². The summed E-state index contributed by atoms with van der Waals surface area (Å²) in [6.07, 6.45) is 20.2. The third-order valence-corrected chi connectivity index (χ3v) is 19.8. The highest BCUT2D eigenvalue weighted by Gasteiger charge is 2.58. The normalized spacial score (nSPS) is 28.6. The van der Waals surface area contributed by atoms with E-state index in [1.165, 1.54) is 59.9 Å². The molecule has 2 amide bonds. The molecule has 0 bridgehead atoms. The quantitative estimate of drug-likeness (QED) is 0.113. The summed E-state index contributed by atoms with van der Waals surface area (Å²) in [4.78, 5) is 64.7. The van der Waals surface area contributed by atoms with Crippen LogP contribution >= 0.6 is 11.3 Å². The van der Waals surface area contributed by atoms with Gasteiger partial charge >= 0.3 is 11.9 Å². The molecule has 0 radical (unpaired) electrons. The second-order valence-corrected chi connectivity index (χ2v) is 25.5. The first kappa shape index (κ1) is 48.8. The summed E-state index contributed by atoms with van der Waals surface area (Å²) in [7, 11) is 2.81. The molecule has 0 N–H and O–H groups in total. The van der Waals surface area contributed by atoms with Crippen molar-refractivity contribution in [2.45, 2.75) is 154 Å². The fraction of sp³-hybridized carbons (Fsp3) is 0.532. The van der Waals surface area contributed by atoms with Crippen LogP contribution < -0.4 is 4.74 Å². The lowest BCUT2D eigenvalue weighted by Crippen LogP contribution is -2.48. The molecular formula is C62H70N4O8S. The van der Waals surface area contributed by atoms with Crippen LogP contribution in [-0.2, 0) is 33.4 Å². The number of esters is 2. The van der Waals surface area contributed by atoms with Gasteiger partial charge in [-0.3, -0.25) is 23.7 Å². The molecule has 4 aliphatic heterocycles. The summed E-state index contributed by atoms with van der Waals surface area (Å²) in [5.41, 5.74) is 11.4. The van der Waals surface area contributed by atoms with E-state index in [0.717, 1.165) is 95.3 Å². The Morgan fingerprint density at radius 2 is 1.47 bits per heavy atom. The van der Waals surface area contributed by atoms with E-state index in [4.69, 9.17) is 23.9 Å². The van der Waals surface area contributed by atoms with Gasteiger partial charge in [0.15, 0.2) is 0 Å². The minimum absolute atomic E-state index is 0.0204. The topological polar surface area (TPSA) is 130 Å². The Kier molecular flexibility index (Phi) is 12.0. The zero-order chi connectivity index (χ0) is 51.8. The number of nitrogens with zero attached hydrogens (tertiary/aromatic N) is 4. The predicted molar refractivity (Wildman–Crippen MR) is 288 cm³/mol. The van der Waals surface area contributed by atoms with Crippen molar-refractivity contribution in [3.05, 3.63) is 105 Å². The number of carbonyl (C=O) groups is 4. The fourth-order valence-electron chi connectivity index (χ4n) is 14.3. The summed E-state index contributed by atoms with van der Waals surface area (Å²) < 4.78 is 25.8. The molecule has 2 aromatic carbocycles. The lowest BCUT2D eigenvalue weighted by atomic mass is 9.77. The van der Waals surface area contributed by atoms with E-state index >= 15 is 0 Å². The Hall–Kier alpha value is -5.79. The maximum atomic E-state index is 14.8. The van der Waals surface area contributed by atoms with Crippen molar-refractivity contribution in [3.63, 3.8) is 0 Å².